The number of anilines is 2. The molecule has 0 aliphatic rings. The topological polar surface area (TPSA) is 107 Å². The van der Waals surface area contributed by atoms with E-state index >= 15 is 17.6 Å². The van der Waals surface area contributed by atoms with Gasteiger partial charge < -0.3 is 19.3 Å². The molecule has 0 N–H and O–H groups in total. The van der Waals surface area contributed by atoms with Gasteiger partial charge in [-0.1, -0.05) is 25.7 Å². The number of carbonyl (C=O) groups is 2. The van der Waals surface area contributed by atoms with Crippen LogP contribution >= 0.6 is 0 Å². The second-order valence-corrected chi connectivity index (χ2v) is 16.8. The number of carbonyl (C=O) groups excluding carboxylic acids is 2. The minimum absolute atomic E-state index is 0.00350. The maximum Gasteiger partial charge on any atom is 0.420 e. The van der Waals surface area contributed by atoms with Gasteiger partial charge in [-0.2, -0.15) is 89.6 Å². The van der Waals surface area contributed by atoms with Gasteiger partial charge in [-0.15, -0.1) is 0 Å². The molecule has 0 saturated carbocycles. The highest BCUT2D eigenvalue weighted by Crippen LogP contribution is 2.50. The summed E-state index contributed by atoms with van der Waals surface area (Å²) < 4.78 is 314. The van der Waals surface area contributed by atoms with Crippen molar-refractivity contribution in [1.82, 2.24) is 0 Å². The zero-order valence-corrected chi connectivity index (χ0v) is 40.6. The Kier molecular flexibility index (Phi) is 20.4. The summed E-state index contributed by atoms with van der Waals surface area (Å²) in [6, 6.07) is 1.62. The second kappa shape index (κ2) is 25.2. The molecule has 8 nitrogen and oxygen atoms in total. The van der Waals surface area contributed by atoms with E-state index in [-0.39, 0.29) is 37.9 Å². The number of hydrogen-bond acceptors (Lipinski definition) is 8. The molecule has 0 aliphatic heterocycles. The molecule has 434 valence electrons. The highest BCUT2D eigenvalue weighted by Gasteiger charge is 2.48. The predicted molar refractivity (Wildman–Crippen MR) is 238 cm³/mol. The number of benzene rings is 4. The lowest BCUT2D eigenvalue weighted by Crippen LogP contribution is -2.26. The Balaban J connectivity index is 1.38. The van der Waals surface area contributed by atoms with Gasteiger partial charge in [0, 0.05) is 37.4 Å². The van der Waals surface area contributed by atoms with Gasteiger partial charge >= 0.3 is 49.0 Å². The van der Waals surface area contributed by atoms with Gasteiger partial charge in [-0.3, -0.25) is 0 Å². The van der Waals surface area contributed by atoms with Crippen LogP contribution in [0.5, 0.6) is 11.5 Å². The first-order valence-corrected chi connectivity index (χ1v) is 22.7. The molecular formula is C50H36F22N4O4. The van der Waals surface area contributed by atoms with Gasteiger partial charge in [0.2, 0.25) is 0 Å². The van der Waals surface area contributed by atoms with E-state index in [9.17, 15) is 99.1 Å². The number of nitrogens with zero attached hydrogens (tertiary/aromatic N) is 4. The van der Waals surface area contributed by atoms with Crippen LogP contribution in [0.3, 0.4) is 0 Å². The number of hydrogen-bond donors (Lipinski definition) is 0. The lowest BCUT2D eigenvalue weighted by molar-refractivity contribution is -0.154. The van der Waals surface area contributed by atoms with Gasteiger partial charge in [-0.05, 0) is 92.9 Å². The molecule has 0 atom stereocenters. The second-order valence-electron chi connectivity index (χ2n) is 16.8. The molecule has 4 aromatic carbocycles. The van der Waals surface area contributed by atoms with E-state index in [1.54, 1.807) is 6.92 Å². The quantitative estimate of drug-likeness (QED) is 0.0228. The third-order valence-electron chi connectivity index (χ3n) is 11.4. The lowest BCUT2D eigenvalue weighted by atomic mass is 10.0. The summed E-state index contributed by atoms with van der Waals surface area (Å²) in [5.41, 5.74) is -21.1. The Bertz CT molecular complexity index is 2970. The average molecular weight is 1170 g/mol. The highest BCUT2D eigenvalue weighted by atomic mass is 19.4. The maximum absolute atomic E-state index is 15.4. The molecule has 0 saturated heterocycles. The third kappa shape index (κ3) is 16.5. The first-order valence-electron chi connectivity index (χ1n) is 22.7. The molecule has 0 unspecified atom stereocenters. The van der Waals surface area contributed by atoms with Crippen LogP contribution in [-0.2, 0) is 46.6 Å². The molecule has 4 rings (SSSR count). The maximum atomic E-state index is 15.4. The van der Waals surface area contributed by atoms with Crippen molar-refractivity contribution >= 4 is 35.5 Å². The van der Waals surface area contributed by atoms with Crippen molar-refractivity contribution in [3.05, 3.63) is 127 Å². The van der Waals surface area contributed by atoms with Crippen molar-refractivity contribution in [2.75, 3.05) is 36.0 Å². The molecule has 0 heterocycles. The molecule has 0 amide bonds. The molecule has 0 spiro atoms. The van der Waals surface area contributed by atoms with Gasteiger partial charge in [0.25, 0.3) is 0 Å². The van der Waals surface area contributed by atoms with Crippen LogP contribution in [0.25, 0.3) is 12.2 Å². The van der Waals surface area contributed by atoms with Crippen LogP contribution in [0.1, 0.15) is 96.9 Å². The van der Waals surface area contributed by atoms with Crippen LogP contribution in [0.15, 0.2) is 59.7 Å². The van der Waals surface area contributed by atoms with E-state index in [2.05, 4.69) is 9.47 Å². The van der Waals surface area contributed by atoms with E-state index in [4.69, 9.17) is 0 Å². The SMILES string of the molecule is CCN(CCCCCCCCN(CC)c1c(F)cc(/C=C(\C#N)C(=O)Oc2c(C(F)(F)F)cc(C(F)(F)F)cc2C(F)(F)F)cc1F)c1cc(F)c(/C=C(\C#N)C(=O)Oc2c(C(F)(F)F)cc(C(F)(F)F)cc2C(F)(F)F)c(F)c1. The molecule has 4 aromatic rings. The first-order chi connectivity index (χ1) is 36.8. The fourth-order valence-electron chi connectivity index (χ4n) is 7.60. The van der Waals surface area contributed by atoms with Crippen LogP contribution in [0.4, 0.5) is 108 Å². The zero-order valence-electron chi connectivity index (χ0n) is 40.6. The number of rotatable bonds is 19. The predicted octanol–water partition coefficient (Wildman–Crippen LogP) is 16.1. The average Bonchev–Trinajstić information content (AvgIpc) is 3.31. The molecule has 80 heavy (non-hydrogen) atoms. The van der Waals surface area contributed by atoms with Gasteiger partial charge in [-0.25, -0.2) is 27.2 Å². The Morgan fingerprint density at radius 1 is 0.463 bits per heavy atom. The van der Waals surface area contributed by atoms with Crippen molar-refractivity contribution in [1.29, 1.82) is 10.5 Å². The molecule has 30 heteroatoms. The fraction of sp³-hybridized carbons (Fsp3) is 0.360. The van der Waals surface area contributed by atoms with Gasteiger partial charge in [0.15, 0.2) is 11.5 Å². The Morgan fingerprint density at radius 3 is 1.10 bits per heavy atom. The highest BCUT2D eigenvalue weighted by molar-refractivity contribution is 6.00. The molecule has 0 fully saturated rings. The van der Waals surface area contributed by atoms with Crippen LogP contribution in [-0.4, -0.2) is 38.1 Å². The fourth-order valence-corrected chi connectivity index (χ4v) is 7.60. The lowest BCUT2D eigenvalue weighted by Gasteiger charge is -2.24. The number of ether oxygens (including phenoxy) is 2. The number of alkyl halides is 18. The van der Waals surface area contributed by atoms with E-state index in [1.165, 1.54) is 16.7 Å². The van der Waals surface area contributed by atoms with Crippen LogP contribution < -0.4 is 19.3 Å². The monoisotopic (exact) mass is 1170 g/mol. The largest absolute Gasteiger partial charge is 0.421 e. The third-order valence-corrected chi connectivity index (χ3v) is 11.4. The molecule has 0 aliphatic carbocycles. The van der Waals surface area contributed by atoms with Crippen molar-refractivity contribution < 1.29 is 116 Å². The minimum Gasteiger partial charge on any atom is -0.421 e. The van der Waals surface area contributed by atoms with Gasteiger partial charge in [0.05, 0.1) is 33.4 Å². The van der Waals surface area contributed by atoms with E-state index in [0.29, 0.717) is 56.7 Å². The Morgan fingerprint density at radius 2 is 0.787 bits per heavy atom. The van der Waals surface area contributed by atoms with Crippen molar-refractivity contribution in [3.63, 3.8) is 0 Å². The van der Waals surface area contributed by atoms with E-state index in [0.717, 1.165) is 24.3 Å². The number of unbranched alkanes of at least 4 members (excludes halogenated alkanes) is 5. The normalized spacial score (nSPS) is 13.0. The summed E-state index contributed by atoms with van der Waals surface area (Å²) in [6.45, 7) is 3.42. The van der Waals surface area contributed by atoms with Crippen molar-refractivity contribution in [3.8, 4) is 23.6 Å². The number of esters is 2. The van der Waals surface area contributed by atoms with Crippen LogP contribution in [0, 0.1) is 45.9 Å². The Hall–Kier alpha value is -7.66. The zero-order chi connectivity index (χ0) is 60.7. The van der Waals surface area contributed by atoms with E-state index in [1.807, 2.05) is 0 Å². The van der Waals surface area contributed by atoms with Crippen molar-refractivity contribution in [2.45, 2.75) is 89.4 Å². The molecular weight excluding hydrogens is 1140 g/mol. The van der Waals surface area contributed by atoms with Gasteiger partial charge in [0.1, 0.15) is 52.2 Å². The smallest absolute Gasteiger partial charge is 0.420 e. The summed E-state index contributed by atoms with van der Waals surface area (Å²) in [6.07, 6.45) is -32.2. The number of halogens is 22. The van der Waals surface area contributed by atoms with Crippen LogP contribution in [0.2, 0.25) is 0 Å². The summed E-state index contributed by atoms with van der Waals surface area (Å²) in [7, 11) is 0. The Labute approximate surface area is 437 Å². The molecule has 0 bridgehead atoms. The molecule has 0 radical (unpaired) electrons. The molecule has 0 aromatic heterocycles. The summed E-state index contributed by atoms with van der Waals surface area (Å²) in [5, 5.41) is 18.9. The first kappa shape index (κ1) is 64.9. The minimum atomic E-state index is -5.99. The summed E-state index contributed by atoms with van der Waals surface area (Å²) in [5.74, 6) is -15.1. The summed E-state index contributed by atoms with van der Waals surface area (Å²) in [4.78, 5) is 28.2. The van der Waals surface area contributed by atoms with Crippen molar-refractivity contribution in [2.24, 2.45) is 0 Å². The summed E-state index contributed by atoms with van der Waals surface area (Å²) >= 11 is 0. The van der Waals surface area contributed by atoms with E-state index < -0.39 is 169 Å². The standard InChI is InChI=1S/C50H36F22N4O4/c1-3-75(30-21-36(51)31(37(52)22-30)16-27(24-74)44(78)80-42-34(49(67,68)69)19-29(46(58,59)60)20-35(42)50(70,71)72)11-9-7-5-6-8-10-12-76(4-2)40-38(53)14-25(15-39(40)54)13-26(23-73)43(77)79-41-32(47(61,62)63)17-28(45(55,56)57)18-33(41)48(64,65)66/h13-22H,3-12H2,1-2H3/b26-13+,27-16+. The number of nitriles is 2.